The van der Waals surface area contributed by atoms with E-state index in [-0.39, 0.29) is 0 Å². The zero-order valence-electron chi connectivity index (χ0n) is 5.91. The molecule has 1 heterocycles. The molecular weight excluding hydrogens is 187 g/mol. The molecule has 0 atom stereocenters. The molecule has 0 amide bonds. The third-order valence-corrected chi connectivity index (χ3v) is 7.90. The van der Waals surface area contributed by atoms with E-state index in [0.717, 1.165) is 12.7 Å². The van der Waals surface area contributed by atoms with Crippen molar-refractivity contribution in [2.24, 2.45) is 0 Å². The minimum Gasteiger partial charge on any atom is -0.414 e. The second kappa shape index (κ2) is 3.95. The molecule has 60 valence electrons. The van der Waals surface area contributed by atoms with Crippen molar-refractivity contribution in [2.45, 2.75) is 18.9 Å². The highest BCUT2D eigenvalue weighted by molar-refractivity contribution is 6.85. The fraction of sp³-hybridized carbons (Fsp3) is 1.00. The van der Waals surface area contributed by atoms with Gasteiger partial charge in [0.15, 0.2) is 0 Å². The van der Waals surface area contributed by atoms with Gasteiger partial charge >= 0.3 is 0 Å². The SMILES string of the molecule is ClC[Si]1(CCl)CCCCO1. The van der Waals surface area contributed by atoms with E-state index in [9.17, 15) is 0 Å². The van der Waals surface area contributed by atoms with Crippen LogP contribution in [0.25, 0.3) is 0 Å². The Morgan fingerprint density at radius 1 is 1.20 bits per heavy atom. The summed E-state index contributed by atoms with van der Waals surface area (Å²) in [4.78, 5) is 0. The van der Waals surface area contributed by atoms with Crippen LogP contribution in [0.5, 0.6) is 0 Å². The Labute approximate surface area is 72.8 Å². The highest BCUT2D eigenvalue weighted by Gasteiger charge is 2.34. The number of hydrogen-bond donors (Lipinski definition) is 0. The van der Waals surface area contributed by atoms with Crippen LogP contribution in [0.3, 0.4) is 0 Å². The Balaban J connectivity index is 2.44. The predicted molar refractivity (Wildman–Crippen MR) is 47.2 cm³/mol. The lowest BCUT2D eigenvalue weighted by molar-refractivity contribution is 0.273. The van der Waals surface area contributed by atoms with E-state index in [1.807, 2.05) is 0 Å². The smallest absolute Gasteiger partial charge is 0.221 e. The van der Waals surface area contributed by atoms with E-state index in [2.05, 4.69) is 0 Å². The van der Waals surface area contributed by atoms with Crippen molar-refractivity contribution in [1.29, 1.82) is 0 Å². The normalized spacial score (nSPS) is 24.6. The van der Waals surface area contributed by atoms with Crippen molar-refractivity contribution in [3.63, 3.8) is 0 Å². The van der Waals surface area contributed by atoms with Gasteiger partial charge in [0.1, 0.15) is 0 Å². The van der Waals surface area contributed by atoms with Gasteiger partial charge in [-0.1, -0.05) is 6.42 Å². The van der Waals surface area contributed by atoms with Gasteiger partial charge in [-0.05, 0) is 12.5 Å². The first-order chi connectivity index (χ1) is 4.83. The highest BCUT2D eigenvalue weighted by Crippen LogP contribution is 2.23. The van der Waals surface area contributed by atoms with Crippen LogP contribution < -0.4 is 0 Å². The van der Waals surface area contributed by atoms with Crippen LogP contribution in [0.15, 0.2) is 0 Å². The van der Waals surface area contributed by atoms with Crippen LogP contribution >= 0.6 is 23.2 Å². The van der Waals surface area contributed by atoms with E-state index in [0.29, 0.717) is 11.0 Å². The molecule has 1 rings (SSSR count). The molecule has 1 fully saturated rings. The van der Waals surface area contributed by atoms with E-state index in [1.54, 1.807) is 0 Å². The van der Waals surface area contributed by atoms with Gasteiger partial charge in [0.25, 0.3) is 0 Å². The average molecular weight is 199 g/mol. The summed E-state index contributed by atoms with van der Waals surface area (Å²) in [6.07, 6.45) is 2.44. The fourth-order valence-electron chi connectivity index (χ4n) is 1.16. The molecule has 1 aliphatic heterocycles. The predicted octanol–water partition coefficient (Wildman–Crippen LogP) is 2.30. The summed E-state index contributed by atoms with van der Waals surface area (Å²) in [5, 5.41) is 0. The topological polar surface area (TPSA) is 9.23 Å². The van der Waals surface area contributed by atoms with E-state index >= 15 is 0 Å². The summed E-state index contributed by atoms with van der Waals surface area (Å²) >= 11 is 11.6. The van der Waals surface area contributed by atoms with Crippen molar-refractivity contribution in [1.82, 2.24) is 0 Å². The molecule has 0 saturated carbocycles. The van der Waals surface area contributed by atoms with Gasteiger partial charge in [-0.2, -0.15) is 0 Å². The summed E-state index contributed by atoms with van der Waals surface area (Å²) in [5.74, 6) is 0. The zero-order valence-corrected chi connectivity index (χ0v) is 8.42. The van der Waals surface area contributed by atoms with Crippen molar-refractivity contribution in [2.75, 3.05) is 17.6 Å². The maximum Gasteiger partial charge on any atom is 0.221 e. The lowest BCUT2D eigenvalue weighted by Gasteiger charge is -2.31. The third-order valence-electron chi connectivity index (χ3n) is 1.92. The molecule has 10 heavy (non-hydrogen) atoms. The van der Waals surface area contributed by atoms with Gasteiger partial charge in [0.05, 0.1) is 0 Å². The van der Waals surface area contributed by atoms with Crippen LogP contribution in [0, 0.1) is 0 Å². The van der Waals surface area contributed by atoms with E-state index < -0.39 is 8.32 Å². The van der Waals surface area contributed by atoms with Gasteiger partial charge in [-0.15, -0.1) is 23.2 Å². The Hall–Kier alpha value is 0.757. The molecular formula is C6H12Cl2OSi. The maximum atomic E-state index is 5.79. The monoisotopic (exact) mass is 198 g/mol. The van der Waals surface area contributed by atoms with Crippen LogP contribution in [-0.2, 0) is 4.43 Å². The molecule has 1 saturated heterocycles. The Bertz CT molecular complexity index is 97.9. The molecule has 0 N–H and O–H groups in total. The van der Waals surface area contributed by atoms with Gasteiger partial charge in [0.2, 0.25) is 8.32 Å². The average Bonchev–Trinajstić information content (AvgIpc) is 2.06. The molecule has 0 aliphatic carbocycles. The summed E-state index contributed by atoms with van der Waals surface area (Å²) in [6.45, 7) is 0.881. The van der Waals surface area contributed by atoms with Crippen LogP contribution in [-0.4, -0.2) is 25.9 Å². The number of hydrogen-bond acceptors (Lipinski definition) is 1. The minimum atomic E-state index is -1.60. The first-order valence-electron chi connectivity index (χ1n) is 3.59. The second-order valence-electron chi connectivity index (χ2n) is 2.76. The fourth-order valence-corrected chi connectivity index (χ4v) is 5.39. The summed E-state index contributed by atoms with van der Waals surface area (Å²) in [7, 11) is -1.60. The second-order valence-corrected chi connectivity index (χ2v) is 8.05. The number of alkyl halides is 2. The number of rotatable bonds is 2. The van der Waals surface area contributed by atoms with Crippen LogP contribution in [0.4, 0.5) is 0 Å². The van der Waals surface area contributed by atoms with Gasteiger partial charge in [-0.3, -0.25) is 0 Å². The Morgan fingerprint density at radius 3 is 2.20 bits per heavy atom. The van der Waals surface area contributed by atoms with Gasteiger partial charge < -0.3 is 4.43 Å². The van der Waals surface area contributed by atoms with Crippen LogP contribution in [0.1, 0.15) is 12.8 Å². The molecule has 1 nitrogen and oxygen atoms in total. The molecule has 0 aromatic heterocycles. The lowest BCUT2D eigenvalue weighted by atomic mass is 10.4. The zero-order chi connectivity index (χ0) is 7.45. The van der Waals surface area contributed by atoms with E-state index in [1.165, 1.54) is 12.8 Å². The molecule has 0 unspecified atom stereocenters. The highest BCUT2D eigenvalue weighted by atomic mass is 35.5. The van der Waals surface area contributed by atoms with Crippen molar-refractivity contribution in [3.8, 4) is 0 Å². The van der Waals surface area contributed by atoms with E-state index in [4.69, 9.17) is 27.6 Å². The van der Waals surface area contributed by atoms with Gasteiger partial charge in [0, 0.05) is 17.6 Å². The van der Waals surface area contributed by atoms with Gasteiger partial charge in [-0.25, -0.2) is 0 Å². The van der Waals surface area contributed by atoms with Crippen LogP contribution in [0.2, 0.25) is 6.04 Å². The molecule has 0 bridgehead atoms. The standard InChI is InChI=1S/C6H12Cl2OSi/c7-5-10(6-8)4-2-1-3-9-10/h1-6H2. The van der Waals surface area contributed by atoms with Crippen molar-refractivity contribution in [3.05, 3.63) is 0 Å². The molecule has 0 spiro atoms. The van der Waals surface area contributed by atoms with Crippen molar-refractivity contribution < 1.29 is 4.43 Å². The maximum absolute atomic E-state index is 5.79. The number of halogens is 2. The quantitative estimate of drug-likeness (QED) is 0.489. The largest absolute Gasteiger partial charge is 0.414 e. The molecule has 0 aromatic carbocycles. The molecule has 0 aromatic rings. The first-order valence-corrected chi connectivity index (χ1v) is 7.19. The Morgan fingerprint density at radius 2 is 1.90 bits per heavy atom. The lowest BCUT2D eigenvalue weighted by Crippen LogP contribution is -2.46. The minimum absolute atomic E-state index is 0.663. The summed E-state index contributed by atoms with van der Waals surface area (Å²) < 4.78 is 5.64. The summed E-state index contributed by atoms with van der Waals surface area (Å²) in [6, 6.07) is 1.15. The van der Waals surface area contributed by atoms with Crippen molar-refractivity contribution >= 4 is 31.5 Å². The third kappa shape index (κ3) is 1.88. The molecule has 0 radical (unpaired) electrons. The Kier molecular flexibility index (Phi) is 3.50. The summed E-state index contributed by atoms with van der Waals surface area (Å²) in [5.41, 5.74) is 1.33. The molecule has 1 aliphatic rings. The molecule has 4 heteroatoms. The first kappa shape index (κ1) is 8.85.